The zero-order chi connectivity index (χ0) is 13.2. The van der Waals surface area contributed by atoms with Crippen molar-refractivity contribution < 1.29 is 9.90 Å². The van der Waals surface area contributed by atoms with Gasteiger partial charge in [0.2, 0.25) is 5.91 Å². The fourth-order valence-corrected chi connectivity index (χ4v) is 1.54. The first-order valence-electron chi connectivity index (χ1n) is 6.34. The van der Waals surface area contributed by atoms with Crippen LogP contribution in [0.3, 0.4) is 0 Å². The lowest BCUT2D eigenvalue weighted by molar-refractivity contribution is -0.121. The maximum Gasteiger partial charge on any atom is 0.240 e. The third-order valence-electron chi connectivity index (χ3n) is 2.59. The van der Waals surface area contributed by atoms with Gasteiger partial charge in [-0.25, -0.2) is 5.43 Å². The predicted octanol–water partition coefficient (Wildman–Crippen LogP) is 2.81. The topological polar surface area (TPSA) is 61.7 Å². The Hall–Kier alpha value is -1.84. The van der Waals surface area contributed by atoms with Gasteiger partial charge in [-0.1, -0.05) is 38.3 Å². The van der Waals surface area contributed by atoms with Crippen molar-refractivity contribution in [3.8, 4) is 5.75 Å². The van der Waals surface area contributed by atoms with Crippen LogP contribution in [-0.4, -0.2) is 17.2 Å². The third-order valence-corrected chi connectivity index (χ3v) is 2.59. The van der Waals surface area contributed by atoms with Gasteiger partial charge < -0.3 is 5.11 Å². The third kappa shape index (κ3) is 5.48. The Bertz CT molecular complexity index is 403. The molecule has 0 aliphatic heterocycles. The van der Waals surface area contributed by atoms with E-state index in [1.165, 1.54) is 6.21 Å². The van der Waals surface area contributed by atoms with Crippen molar-refractivity contribution in [3.63, 3.8) is 0 Å². The molecule has 0 radical (unpaired) electrons. The highest BCUT2D eigenvalue weighted by Crippen LogP contribution is 2.12. The fourth-order valence-electron chi connectivity index (χ4n) is 1.54. The number of aromatic hydroxyl groups is 1. The number of hydrogen-bond acceptors (Lipinski definition) is 3. The van der Waals surface area contributed by atoms with Crippen molar-refractivity contribution in [3.05, 3.63) is 29.8 Å². The molecule has 0 unspecified atom stereocenters. The number of para-hydroxylation sites is 1. The van der Waals surface area contributed by atoms with Crippen LogP contribution in [0, 0.1) is 0 Å². The van der Waals surface area contributed by atoms with Gasteiger partial charge in [-0.3, -0.25) is 4.79 Å². The fraction of sp³-hybridized carbons (Fsp3) is 0.429. The number of rotatable bonds is 7. The molecular formula is C14H20N2O2. The van der Waals surface area contributed by atoms with Gasteiger partial charge in [0, 0.05) is 12.0 Å². The van der Waals surface area contributed by atoms with Crippen LogP contribution >= 0.6 is 0 Å². The van der Waals surface area contributed by atoms with E-state index >= 15 is 0 Å². The van der Waals surface area contributed by atoms with Crippen LogP contribution in [0.25, 0.3) is 0 Å². The molecule has 2 N–H and O–H groups in total. The second kappa shape index (κ2) is 8.28. The second-order valence-electron chi connectivity index (χ2n) is 4.16. The van der Waals surface area contributed by atoms with Gasteiger partial charge in [-0.2, -0.15) is 5.10 Å². The Labute approximate surface area is 108 Å². The van der Waals surface area contributed by atoms with Crippen molar-refractivity contribution in [2.45, 2.75) is 39.0 Å². The smallest absolute Gasteiger partial charge is 0.240 e. The molecule has 0 aromatic heterocycles. The average Bonchev–Trinajstić information content (AvgIpc) is 2.37. The number of nitrogens with one attached hydrogen (secondary N) is 1. The Morgan fingerprint density at radius 2 is 2.11 bits per heavy atom. The van der Waals surface area contributed by atoms with Crippen LogP contribution < -0.4 is 5.43 Å². The van der Waals surface area contributed by atoms with Crippen LogP contribution in [0.2, 0.25) is 0 Å². The molecule has 1 rings (SSSR count). The number of amides is 1. The maximum absolute atomic E-state index is 11.4. The molecule has 0 fully saturated rings. The van der Waals surface area contributed by atoms with E-state index in [2.05, 4.69) is 17.5 Å². The summed E-state index contributed by atoms with van der Waals surface area (Å²) in [7, 11) is 0. The molecule has 1 amide bonds. The molecule has 4 heteroatoms. The van der Waals surface area contributed by atoms with E-state index in [0.717, 1.165) is 25.7 Å². The number of phenols is 1. The molecule has 0 aliphatic carbocycles. The highest BCUT2D eigenvalue weighted by atomic mass is 16.3. The minimum Gasteiger partial charge on any atom is -0.507 e. The normalized spacial score (nSPS) is 10.7. The summed E-state index contributed by atoms with van der Waals surface area (Å²) in [5.74, 6) is 0.0659. The Morgan fingerprint density at radius 3 is 2.83 bits per heavy atom. The molecule has 0 atom stereocenters. The van der Waals surface area contributed by atoms with E-state index in [1.54, 1.807) is 24.3 Å². The molecule has 98 valence electrons. The molecular weight excluding hydrogens is 228 g/mol. The van der Waals surface area contributed by atoms with Crippen molar-refractivity contribution in [2.24, 2.45) is 5.10 Å². The zero-order valence-electron chi connectivity index (χ0n) is 10.7. The number of hydrazone groups is 1. The number of carbonyl (C=O) groups excluding carboxylic acids is 1. The van der Waals surface area contributed by atoms with E-state index in [4.69, 9.17) is 0 Å². The number of unbranched alkanes of at least 4 members (excludes halogenated alkanes) is 3. The predicted molar refractivity (Wildman–Crippen MR) is 72.6 cm³/mol. The maximum atomic E-state index is 11.4. The highest BCUT2D eigenvalue weighted by molar-refractivity contribution is 5.84. The van der Waals surface area contributed by atoms with E-state index in [-0.39, 0.29) is 11.7 Å². The number of nitrogens with zero attached hydrogens (tertiary/aromatic N) is 1. The van der Waals surface area contributed by atoms with Gasteiger partial charge in [0.05, 0.1) is 6.21 Å². The summed E-state index contributed by atoms with van der Waals surface area (Å²) in [5, 5.41) is 13.3. The lowest BCUT2D eigenvalue weighted by Gasteiger charge is -2.00. The van der Waals surface area contributed by atoms with Gasteiger partial charge in [-0.15, -0.1) is 0 Å². The molecule has 0 spiro atoms. The molecule has 1 aromatic rings. The van der Waals surface area contributed by atoms with Crippen LogP contribution in [0.15, 0.2) is 29.4 Å². The van der Waals surface area contributed by atoms with Gasteiger partial charge in [0.15, 0.2) is 0 Å². The summed E-state index contributed by atoms with van der Waals surface area (Å²) in [6.45, 7) is 2.14. The van der Waals surface area contributed by atoms with Crippen molar-refractivity contribution in [1.29, 1.82) is 0 Å². The van der Waals surface area contributed by atoms with Crippen molar-refractivity contribution >= 4 is 12.1 Å². The van der Waals surface area contributed by atoms with Gasteiger partial charge >= 0.3 is 0 Å². The van der Waals surface area contributed by atoms with E-state index < -0.39 is 0 Å². The molecule has 0 aliphatic rings. The molecule has 0 saturated heterocycles. The first-order valence-corrected chi connectivity index (χ1v) is 6.34. The summed E-state index contributed by atoms with van der Waals surface area (Å²) in [5.41, 5.74) is 3.04. The molecule has 0 saturated carbocycles. The molecule has 4 nitrogen and oxygen atoms in total. The Kier molecular flexibility index (Phi) is 6.54. The number of phenolic OH excluding ortho intramolecular Hbond substituents is 1. The van der Waals surface area contributed by atoms with Crippen LogP contribution in [0.4, 0.5) is 0 Å². The van der Waals surface area contributed by atoms with Crippen molar-refractivity contribution in [2.75, 3.05) is 0 Å². The van der Waals surface area contributed by atoms with Gasteiger partial charge in [-0.05, 0) is 18.6 Å². The molecule has 0 bridgehead atoms. The summed E-state index contributed by atoms with van der Waals surface area (Å²) < 4.78 is 0. The summed E-state index contributed by atoms with van der Waals surface area (Å²) in [6, 6.07) is 6.84. The van der Waals surface area contributed by atoms with Crippen molar-refractivity contribution in [1.82, 2.24) is 5.43 Å². The first-order chi connectivity index (χ1) is 8.74. The summed E-state index contributed by atoms with van der Waals surface area (Å²) in [6.07, 6.45) is 6.23. The van der Waals surface area contributed by atoms with Crippen LogP contribution in [0.5, 0.6) is 5.75 Å². The SMILES string of the molecule is CCCCCCC(=O)N/N=C\c1ccccc1O. The quantitative estimate of drug-likeness (QED) is 0.443. The largest absolute Gasteiger partial charge is 0.507 e. The lowest BCUT2D eigenvalue weighted by atomic mass is 10.1. The van der Waals surface area contributed by atoms with Crippen LogP contribution in [0.1, 0.15) is 44.6 Å². The monoisotopic (exact) mass is 248 g/mol. The number of benzene rings is 1. The molecule has 18 heavy (non-hydrogen) atoms. The molecule has 0 heterocycles. The van der Waals surface area contributed by atoms with E-state index in [1.807, 2.05) is 0 Å². The minimum absolute atomic E-state index is 0.0854. The summed E-state index contributed by atoms with van der Waals surface area (Å²) >= 11 is 0. The van der Waals surface area contributed by atoms with Crippen LogP contribution in [-0.2, 0) is 4.79 Å². The second-order valence-corrected chi connectivity index (χ2v) is 4.16. The average molecular weight is 248 g/mol. The highest BCUT2D eigenvalue weighted by Gasteiger charge is 1.99. The van der Waals surface area contributed by atoms with E-state index in [9.17, 15) is 9.90 Å². The number of carbonyl (C=O) groups is 1. The molecule has 1 aromatic carbocycles. The first kappa shape index (κ1) is 14.2. The summed E-state index contributed by atoms with van der Waals surface area (Å²) in [4.78, 5) is 11.4. The van der Waals surface area contributed by atoms with E-state index in [0.29, 0.717) is 12.0 Å². The number of hydrogen-bond donors (Lipinski definition) is 2. The Balaban J connectivity index is 2.28. The zero-order valence-corrected chi connectivity index (χ0v) is 10.7. The lowest BCUT2D eigenvalue weighted by Crippen LogP contribution is -2.16. The standard InChI is InChI=1S/C14H20N2O2/c1-2-3-4-5-10-14(18)16-15-11-12-8-6-7-9-13(12)17/h6-9,11,17H,2-5,10H2,1H3,(H,16,18)/b15-11-. The van der Waals surface area contributed by atoms with Gasteiger partial charge in [0.25, 0.3) is 0 Å². The van der Waals surface area contributed by atoms with Gasteiger partial charge in [0.1, 0.15) is 5.75 Å². The Morgan fingerprint density at radius 1 is 1.33 bits per heavy atom. The minimum atomic E-state index is -0.0854.